The zero-order chi connectivity index (χ0) is 15.5. The number of benzene rings is 1. The van der Waals surface area contributed by atoms with Crippen LogP contribution in [-0.4, -0.2) is 65.5 Å². The van der Waals surface area contributed by atoms with Crippen molar-refractivity contribution in [1.82, 2.24) is 15.1 Å². The van der Waals surface area contributed by atoms with Gasteiger partial charge in [-0.1, -0.05) is 0 Å². The maximum absolute atomic E-state index is 12.4. The molecule has 22 heavy (non-hydrogen) atoms. The first-order valence-corrected chi connectivity index (χ1v) is 7.75. The standard InChI is InChI=1S/C16H21N3O3/c20-13-5-3-12(4-6-13)15(21)18-8-10-19(11-9-18)16(22)14-2-1-7-17-14/h3-6,14,17,20H,1-2,7-11H2. The Hall–Kier alpha value is -2.08. The molecule has 1 aromatic rings. The summed E-state index contributed by atoms with van der Waals surface area (Å²) in [6, 6.07) is 6.23. The second kappa shape index (κ2) is 6.36. The molecule has 1 atom stereocenters. The second-order valence-electron chi connectivity index (χ2n) is 5.81. The van der Waals surface area contributed by atoms with Crippen molar-refractivity contribution in [3.63, 3.8) is 0 Å². The summed E-state index contributed by atoms with van der Waals surface area (Å²) in [5.74, 6) is 0.261. The topological polar surface area (TPSA) is 72.9 Å². The molecule has 3 rings (SSSR count). The number of amides is 2. The summed E-state index contributed by atoms with van der Waals surface area (Å²) >= 11 is 0. The van der Waals surface area contributed by atoms with E-state index in [0.717, 1.165) is 19.4 Å². The van der Waals surface area contributed by atoms with Crippen LogP contribution in [-0.2, 0) is 4.79 Å². The van der Waals surface area contributed by atoms with Crippen LogP contribution in [0.15, 0.2) is 24.3 Å². The van der Waals surface area contributed by atoms with Crippen molar-refractivity contribution in [3.05, 3.63) is 29.8 Å². The van der Waals surface area contributed by atoms with Crippen LogP contribution in [0.25, 0.3) is 0 Å². The van der Waals surface area contributed by atoms with E-state index in [4.69, 9.17) is 0 Å². The Kier molecular flexibility index (Phi) is 4.29. The molecule has 2 amide bonds. The summed E-state index contributed by atoms with van der Waals surface area (Å²) < 4.78 is 0. The molecule has 0 radical (unpaired) electrons. The van der Waals surface area contributed by atoms with Gasteiger partial charge in [0.1, 0.15) is 5.75 Å². The maximum atomic E-state index is 12.4. The fourth-order valence-corrected chi connectivity index (χ4v) is 3.03. The largest absolute Gasteiger partial charge is 0.508 e. The Balaban J connectivity index is 1.56. The smallest absolute Gasteiger partial charge is 0.253 e. The molecule has 6 nitrogen and oxygen atoms in total. The molecule has 1 unspecified atom stereocenters. The minimum absolute atomic E-state index is 0.0423. The van der Waals surface area contributed by atoms with Crippen LogP contribution in [0, 0.1) is 0 Å². The molecule has 0 bridgehead atoms. The fourth-order valence-electron chi connectivity index (χ4n) is 3.03. The molecule has 0 aromatic heterocycles. The number of phenols is 1. The minimum Gasteiger partial charge on any atom is -0.508 e. The lowest BCUT2D eigenvalue weighted by Crippen LogP contribution is -2.54. The van der Waals surface area contributed by atoms with E-state index in [9.17, 15) is 14.7 Å². The van der Waals surface area contributed by atoms with Crippen molar-refractivity contribution < 1.29 is 14.7 Å². The summed E-state index contributed by atoms with van der Waals surface area (Å²) in [6.45, 7) is 3.19. The third-order valence-corrected chi connectivity index (χ3v) is 4.35. The molecule has 2 heterocycles. The van der Waals surface area contributed by atoms with Gasteiger partial charge in [0.25, 0.3) is 5.91 Å². The van der Waals surface area contributed by atoms with Gasteiger partial charge in [0.2, 0.25) is 5.91 Å². The maximum Gasteiger partial charge on any atom is 0.253 e. The van der Waals surface area contributed by atoms with E-state index in [2.05, 4.69) is 5.32 Å². The molecule has 2 N–H and O–H groups in total. The van der Waals surface area contributed by atoms with Crippen LogP contribution in [0.3, 0.4) is 0 Å². The van der Waals surface area contributed by atoms with Gasteiger partial charge in [0.15, 0.2) is 0 Å². The molecule has 2 aliphatic heterocycles. The molecule has 0 spiro atoms. The van der Waals surface area contributed by atoms with Crippen LogP contribution in [0.4, 0.5) is 0 Å². The van der Waals surface area contributed by atoms with Crippen LogP contribution in [0.1, 0.15) is 23.2 Å². The quantitative estimate of drug-likeness (QED) is 0.831. The third kappa shape index (κ3) is 3.06. The lowest BCUT2D eigenvalue weighted by atomic mass is 10.1. The van der Waals surface area contributed by atoms with E-state index in [1.165, 1.54) is 12.1 Å². The van der Waals surface area contributed by atoms with Crippen molar-refractivity contribution >= 4 is 11.8 Å². The summed E-state index contributed by atoms with van der Waals surface area (Å²) in [5, 5.41) is 12.5. The number of piperazine rings is 1. The SMILES string of the molecule is O=C(c1ccc(O)cc1)N1CCN(C(=O)C2CCCN2)CC1. The van der Waals surface area contributed by atoms with Crippen molar-refractivity contribution in [2.45, 2.75) is 18.9 Å². The molecule has 118 valence electrons. The second-order valence-corrected chi connectivity index (χ2v) is 5.81. The van der Waals surface area contributed by atoms with Crippen molar-refractivity contribution in [3.8, 4) is 5.75 Å². The number of nitrogens with zero attached hydrogens (tertiary/aromatic N) is 2. The van der Waals surface area contributed by atoms with E-state index >= 15 is 0 Å². The zero-order valence-corrected chi connectivity index (χ0v) is 12.5. The van der Waals surface area contributed by atoms with Gasteiger partial charge >= 0.3 is 0 Å². The Morgan fingerprint density at radius 1 is 1.05 bits per heavy atom. The normalized spacial score (nSPS) is 21.9. The Morgan fingerprint density at radius 2 is 1.68 bits per heavy atom. The van der Waals surface area contributed by atoms with Crippen LogP contribution in [0.2, 0.25) is 0 Å². The van der Waals surface area contributed by atoms with Gasteiger partial charge in [-0.25, -0.2) is 0 Å². The number of phenolic OH excluding ortho intramolecular Hbond substituents is 1. The molecule has 0 saturated carbocycles. The predicted octanol–water partition coefficient (Wildman–Crippen LogP) is 0.429. The predicted molar refractivity (Wildman–Crippen MR) is 81.6 cm³/mol. The summed E-state index contributed by atoms with van der Waals surface area (Å²) in [5.41, 5.74) is 0.565. The molecule has 6 heteroatoms. The number of carbonyl (C=O) groups excluding carboxylic acids is 2. The Bertz CT molecular complexity index is 544. The Morgan fingerprint density at radius 3 is 2.27 bits per heavy atom. The van der Waals surface area contributed by atoms with Gasteiger partial charge in [-0.05, 0) is 43.7 Å². The van der Waals surface area contributed by atoms with E-state index in [0.29, 0.717) is 31.7 Å². The summed E-state index contributed by atoms with van der Waals surface area (Å²) in [4.78, 5) is 28.3. The molecule has 2 fully saturated rings. The number of carbonyl (C=O) groups is 2. The van der Waals surface area contributed by atoms with Gasteiger partial charge in [-0.2, -0.15) is 0 Å². The first kappa shape index (κ1) is 14.8. The van der Waals surface area contributed by atoms with E-state index in [1.54, 1.807) is 17.0 Å². The summed E-state index contributed by atoms with van der Waals surface area (Å²) in [7, 11) is 0. The van der Waals surface area contributed by atoms with Gasteiger partial charge in [0.05, 0.1) is 6.04 Å². The highest BCUT2D eigenvalue weighted by Gasteiger charge is 2.30. The van der Waals surface area contributed by atoms with E-state index in [-0.39, 0.29) is 23.6 Å². The molecular formula is C16H21N3O3. The number of aromatic hydroxyl groups is 1. The number of rotatable bonds is 2. The van der Waals surface area contributed by atoms with Crippen LogP contribution >= 0.6 is 0 Å². The Labute approximate surface area is 129 Å². The molecule has 1 aromatic carbocycles. The highest BCUT2D eigenvalue weighted by Crippen LogP contribution is 2.15. The average Bonchev–Trinajstić information content (AvgIpc) is 3.09. The van der Waals surface area contributed by atoms with E-state index < -0.39 is 0 Å². The van der Waals surface area contributed by atoms with Crippen molar-refractivity contribution in [2.75, 3.05) is 32.7 Å². The van der Waals surface area contributed by atoms with Crippen molar-refractivity contribution in [1.29, 1.82) is 0 Å². The monoisotopic (exact) mass is 303 g/mol. The highest BCUT2D eigenvalue weighted by molar-refractivity contribution is 5.94. The zero-order valence-electron chi connectivity index (χ0n) is 12.5. The number of hydrogen-bond donors (Lipinski definition) is 2. The molecule has 2 saturated heterocycles. The highest BCUT2D eigenvalue weighted by atomic mass is 16.3. The molecule has 2 aliphatic rings. The minimum atomic E-state index is -0.0499. The van der Waals surface area contributed by atoms with Gasteiger partial charge < -0.3 is 20.2 Å². The van der Waals surface area contributed by atoms with Crippen molar-refractivity contribution in [2.24, 2.45) is 0 Å². The van der Waals surface area contributed by atoms with Crippen LogP contribution < -0.4 is 5.32 Å². The molecule has 0 aliphatic carbocycles. The van der Waals surface area contributed by atoms with Gasteiger partial charge in [-0.15, -0.1) is 0 Å². The third-order valence-electron chi connectivity index (χ3n) is 4.35. The van der Waals surface area contributed by atoms with Crippen LogP contribution in [0.5, 0.6) is 5.75 Å². The van der Waals surface area contributed by atoms with Gasteiger partial charge in [0, 0.05) is 31.7 Å². The first-order chi connectivity index (χ1) is 10.6. The average molecular weight is 303 g/mol. The van der Waals surface area contributed by atoms with Gasteiger partial charge in [-0.3, -0.25) is 9.59 Å². The first-order valence-electron chi connectivity index (χ1n) is 7.75. The lowest BCUT2D eigenvalue weighted by molar-refractivity contribution is -0.134. The number of hydrogen-bond acceptors (Lipinski definition) is 4. The van der Waals surface area contributed by atoms with E-state index in [1.807, 2.05) is 4.90 Å². The number of nitrogens with one attached hydrogen (secondary N) is 1. The lowest BCUT2D eigenvalue weighted by Gasteiger charge is -2.36. The summed E-state index contributed by atoms with van der Waals surface area (Å²) in [6.07, 6.45) is 1.96. The molecular weight excluding hydrogens is 282 g/mol. The fraction of sp³-hybridized carbons (Fsp3) is 0.500.